The lowest BCUT2D eigenvalue weighted by atomic mass is 10.2. The van der Waals surface area contributed by atoms with E-state index >= 15 is 0 Å². The molecule has 4 heteroatoms. The van der Waals surface area contributed by atoms with Gasteiger partial charge in [0, 0.05) is 13.1 Å². The number of carbonyl (C=O) groups is 1. The summed E-state index contributed by atoms with van der Waals surface area (Å²) in [4.78, 5) is 12.8. The van der Waals surface area contributed by atoms with E-state index in [4.69, 9.17) is 0 Å². The molecule has 1 amide bonds. The van der Waals surface area contributed by atoms with E-state index in [1.165, 1.54) is 0 Å². The van der Waals surface area contributed by atoms with Gasteiger partial charge in [-0.25, -0.2) is 0 Å². The molecule has 0 aromatic carbocycles. The lowest BCUT2D eigenvalue weighted by Crippen LogP contribution is -2.35. The van der Waals surface area contributed by atoms with Crippen LogP contribution in [-0.4, -0.2) is 46.3 Å². The molecule has 0 bridgehead atoms. The first-order valence-electron chi connectivity index (χ1n) is 4.80. The molecule has 0 spiro atoms. The van der Waals surface area contributed by atoms with E-state index in [1.807, 2.05) is 0 Å². The van der Waals surface area contributed by atoms with Gasteiger partial charge in [-0.05, 0) is 18.8 Å². The Morgan fingerprint density at radius 3 is 2.69 bits per heavy atom. The third-order valence-corrected chi connectivity index (χ3v) is 2.77. The molecule has 4 nitrogen and oxygen atoms in total. The number of aliphatic hydroxyl groups excluding tert-OH is 2. The average Bonchev–Trinajstić information content (AvgIpc) is 2.81. The van der Waals surface area contributed by atoms with Crippen molar-refractivity contribution in [3.05, 3.63) is 0 Å². The van der Waals surface area contributed by atoms with Gasteiger partial charge in [0.05, 0.1) is 18.6 Å². The smallest absolute Gasteiger partial charge is 0.225 e. The summed E-state index contributed by atoms with van der Waals surface area (Å²) in [6.07, 6.45) is 1.46. The van der Waals surface area contributed by atoms with E-state index < -0.39 is 6.10 Å². The van der Waals surface area contributed by atoms with Crippen molar-refractivity contribution in [3.63, 3.8) is 0 Å². The van der Waals surface area contributed by atoms with Crippen LogP contribution in [0.2, 0.25) is 0 Å². The number of rotatable bonds is 3. The minimum Gasteiger partial charge on any atom is -0.391 e. The monoisotopic (exact) mass is 185 g/mol. The molecule has 1 aliphatic carbocycles. The predicted octanol–water partition coefficient (Wildman–Crippen LogP) is -0.650. The zero-order chi connectivity index (χ0) is 9.42. The van der Waals surface area contributed by atoms with Crippen molar-refractivity contribution in [1.82, 2.24) is 4.90 Å². The van der Waals surface area contributed by atoms with Crippen LogP contribution in [0.4, 0.5) is 0 Å². The van der Waals surface area contributed by atoms with Gasteiger partial charge in [-0.3, -0.25) is 4.79 Å². The van der Waals surface area contributed by atoms with E-state index in [0.717, 1.165) is 12.8 Å². The van der Waals surface area contributed by atoms with E-state index in [0.29, 0.717) is 19.0 Å². The second-order valence-electron chi connectivity index (χ2n) is 4.06. The Kier molecular flexibility index (Phi) is 2.26. The molecule has 0 radical (unpaired) electrons. The summed E-state index contributed by atoms with van der Waals surface area (Å²) in [5.74, 6) is 0.359. The second-order valence-corrected chi connectivity index (χ2v) is 4.06. The highest BCUT2D eigenvalue weighted by Crippen LogP contribution is 2.33. The van der Waals surface area contributed by atoms with Crippen LogP contribution in [-0.2, 0) is 4.79 Å². The van der Waals surface area contributed by atoms with Gasteiger partial charge in [0.25, 0.3) is 0 Å². The van der Waals surface area contributed by atoms with E-state index in [2.05, 4.69) is 0 Å². The number of nitrogens with zero attached hydrogens (tertiary/aromatic N) is 1. The molecule has 2 atom stereocenters. The summed E-state index contributed by atoms with van der Waals surface area (Å²) in [5.41, 5.74) is 0. The van der Waals surface area contributed by atoms with Gasteiger partial charge in [0.1, 0.15) is 0 Å². The van der Waals surface area contributed by atoms with Crippen molar-refractivity contribution in [2.75, 3.05) is 13.1 Å². The predicted molar refractivity (Wildman–Crippen MR) is 45.9 cm³/mol. The Morgan fingerprint density at radius 1 is 1.54 bits per heavy atom. The number of hydrogen-bond acceptors (Lipinski definition) is 3. The number of β-amino-alcohol motifs (C(OH)–C–C–N with tert-alkyl or cyclic N) is 2. The Balaban J connectivity index is 1.83. The van der Waals surface area contributed by atoms with Crippen LogP contribution in [0.15, 0.2) is 0 Å². The highest BCUT2D eigenvalue weighted by Gasteiger charge is 2.35. The fourth-order valence-electron chi connectivity index (χ4n) is 1.78. The van der Waals surface area contributed by atoms with Gasteiger partial charge in [-0.1, -0.05) is 0 Å². The first kappa shape index (κ1) is 8.97. The topological polar surface area (TPSA) is 60.8 Å². The molecule has 0 aromatic heterocycles. The highest BCUT2D eigenvalue weighted by atomic mass is 16.3. The molecule has 1 saturated carbocycles. The summed E-state index contributed by atoms with van der Waals surface area (Å²) in [6.45, 7) is 0.795. The molecule has 2 aliphatic rings. The quantitative estimate of drug-likeness (QED) is 0.614. The van der Waals surface area contributed by atoms with Crippen molar-refractivity contribution in [2.24, 2.45) is 5.92 Å². The molecule has 2 rings (SSSR count). The van der Waals surface area contributed by atoms with Crippen LogP contribution >= 0.6 is 0 Å². The fraction of sp³-hybridized carbons (Fsp3) is 0.889. The molecular formula is C9H15NO3. The van der Waals surface area contributed by atoms with Crippen LogP contribution in [0.25, 0.3) is 0 Å². The molecule has 2 N–H and O–H groups in total. The van der Waals surface area contributed by atoms with Crippen molar-refractivity contribution in [2.45, 2.75) is 31.5 Å². The molecule has 1 aliphatic heterocycles. The van der Waals surface area contributed by atoms with E-state index in [-0.39, 0.29) is 18.4 Å². The molecule has 0 aromatic rings. The summed E-state index contributed by atoms with van der Waals surface area (Å²) in [5, 5.41) is 18.8. The maximum Gasteiger partial charge on any atom is 0.225 e. The maximum atomic E-state index is 11.2. The van der Waals surface area contributed by atoms with E-state index in [9.17, 15) is 15.0 Å². The summed E-state index contributed by atoms with van der Waals surface area (Å²) in [7, 11) is 0. The number of likely N-dealkylation sites (tertiary alicyclic amines) is 1. The van der Waals surface area contributed by atoms with Gasteiger partial charge >= 0.3 is 0 Å². The van der Waals surface area contributed by atoms with Crippen LogP contribution in [0.5, 0.6) is 0 Å². The Bertz CT molecular complexity index is 215. The SMILES string of the molecule is O=C1CC(O)CN1CC(O)C1CC1. The summed E-state index contributed by atoms with van der Waals surface area (Å²) in [6, 6.07) is 0. The third-order valence-electron chi connectivity index (χ3n) is 2.77. The summed E-state index contributed by atoms with van der Waals surface area (Å²) >= 11 is 0. The largest absolute Gasteiger partial charge is 0.391 e. The first-order chi connectivity index (χ1) is 6.16. The first-order valence-corrected chi connectivity index (χ1v) is 4.80. The maximum absolute atomic E-state index is 11.2. The second kappa shape index (κ2) is 3.27. The third kappa shape index (κ3) is 2.00. The van der Waals surface area contributed by atoms with Crippen molar-refractivity contribution in [3.8, 4) is 0 Å². The van der Waals surface area contributed by atoms with Crippen molar-refractivity contribution >= 4 is 5.91 Å². The standard InChI is InChI=1S/C9H15NO3/c11-7-3-9(13)10(4-7)5-8(12)6-1-2-6/h6-8,11-12H,1-5H2. The molecular weight excluding hydrogens is 170 g/mol. The van der Waals surface area contributed by atoms with E-state index in [1.54, 1.807) is 4.90 Å². The fourth-order valence-corrected chi connectivity index (χ4v) is 1.78. The van der Waals surface area contributed by atoms with Crippen LogP contribution in [0.1, 0.15) is 19.3 Å². The highest BCUT2D eigenvalue weighted by molar-refractivity contribution is 5.79. The molecule has 1 heterocycles. The molecule has 13 heavy (non-hydrogen) atoms. The minimum atomic E-state index is -0.529. The lowest BCUT2D eigenvalue weighted by Gasteiger charge is -2.19. The number of amides is 1. The van der Waals surface area contributed by atoms with Gasteiger partial charge in [0.15, 0.2) is 0 Å². The van der Waals surface area contributed by atoms with Crippen LogP contribution in [0.3, 0.4) is 0 Å². The molecule has 74 valence electrons. The Hall–Kier alpha value is -0.610. The number of aliphatic hydroxyl groups is 2. The van der Waals surface area contributed by atoms with Gasteiger partial charge in [0.2, 0.25) is 5.91 Å². The zero-order valence-electron chi connectivity index (χ0n) is 7.52. The molecule has 1 saturated heterocycles. The molecule has 2 fully saturated rings. The van der Waals surface area contributed by atoms with Crippen LogP contribution in [0, 0.1) is 5.92 Å². The minimum absolute atomic E-state index is 0.0350. The van der Waals surface area contributed by atoms with Crippen LogP contribution < -0.4 is 0 Å². The normalized spacial score (nSPS) is 31.1. The lowest BCUT2D eigenvalue weighted by molar-refractivity contribution is -0.129. The number of carbonyl (C=O) groups excluding carboxylic acids is 1. The van der Waals surface area contributed by atoms with Crippen molar-refractivity contribution in [1.29, 1.82) is 0 Å². The molecule has 2 unspecified atom stereocenters. The number of hydrogen-bond donors (Lipinski definition) is 2. The van der Waals surface area contributed by atoms with Gasteiger partial charge in [-0.2, -0.15) is 0 Å². The summed E-state index contributed by atoms with van der Waals surface area (Å²) < 4.78 is 0. The average molecular weight is 185 g/mol. The van der Waals surface area contributed by atoms with Crippen molar-refractivity contribution < 1.29 is 15.0 Å². The zero-order valence-corrected chi connectivity index (χ0v) is 7.52. The Labute approximate surface area is 77.2 Å². The van der Waals surface area contributed by atoms with Gasteiger partial charge < -0.3 is 15.1 Å². The van der Waals surface area contributed by atoms with Gasteiger partial charge in [-0.15, -0.1) is 0 Å². The Morgan fingerprint density at radius 2 is 2.23 bits per heavy atom.